The second kappa shape index (κ2) is 15.6. The predicted molar refractivity (Wildman–Crippen MR) is 155 cm³/mol. The fourth-order valence-corrected chi connectivity index (χ4v) is 4.77. The summed E-state index contributed by atoms with van der Waals surface area (Å²) >= 11 is 1.44. The first-order valence-electron chi connectivity index (χ1n) is 13.2. The Morgan fingerprint density at radius 2 is 1.75 bits per heavy atom. The van der Waals surface area contributed by atoms with Gasteiger partial charge in [-0.05, 0) is 54.7 Å². The Kier molecular flexibility index (Phi) is 11.3. The van der Waals surface area contributed by atoms with Gasteiger partial charge >= 0.3 is 0 Å². The van der Waals surface area contributed by atoms with Crippen LogP contribution in [0, 0.1) is 0 Å². The first-order chi connectivity index (χ1) is 19.6. The highest BCUT2D eigenvalue weighted by Gasteiger charge is 2.11. The van der Waals surface area contributed by atoms with Crippen molar-refractivity contribution in [3.63, 3.8) is 0 Å². The molecular formula is C29H34N6O4S. The molecule has 3 N–H and O–H groups in total. The Labute approximate surface area is 237 Å². The van der Waals surface area contributed by atoms with E-state index in [1.165, 1.54) is 11.3 Å². The van der Waals surface area contributed by atoms with Crippen LogP contribution in [0.25, 0.3) is 0 Å². The number of carbonyl (C=O) groups is 1. The van der Waals surface area contributed by atoms with E-state index in [4.69, 9.17) is 9.47 Å². The molecule has 0 fully saturated rings. The minimum atomic E-state index is -0.792. The molecule has 11 heteroatoms. The summed E-state index contributed by atoms with van der Waals surface area (Å²) in [7, 11) is 1.63. The molecule has 1 unspecified atom stereocenters. The van der Waals surface area contributed by atoms with Crippen LogP contribution in [0.15, 0.2) is 66.7 Å². The molecule has 0 saturated carbocycles. The number of nitrogens with zero attached hydrogens (tertiary/aromatic N) is 4. The molecule has 2 heterocycles. The van der Waals surface area contributed by atoms with Crippen molar-refractivity contribution in [2.24, 2.45) is 0 Å². The first-order valence-corrected chi connectivity index (χ1v) is 14.0. The van der Waals surface area contributed by atoms with E-state index in [1.807, 2.05) is 60.7 Å². The van der Waals surface area contributed by atoms with E-state index in [0.29, 0.717) is 37.0 Å². The number of anilines is 2. The van der Waals surface area contributed by atoms with Gasteiger partial charge in [0.15, 0.2) is 5.82 Å². The van der Waals surface area contributed by atoms with Crippen molar-refractivity contribution in [2.75, 3.05) is 31.0 Å². The van der Waals surface area contributed by atoms with Crippen LogP contribution in [-0.2, 0) is 35.2 Å². The zero-order valence-electron chi connectivity index (χ0n) is 22.5. The Bertz CT molecular complexity index is 1320. The van der Waals surface area contributed by atoms with Gasteiger partial charge in [0.1, 0.15) is 23.6 Å². The number of nitrogens with one attached hydrogen (secondary N) is 2. The van der Waals surface area contributed by atoms with Crippen molar-refractivity contribution < 1.29 is 19.4 Å². The number of carbonyl (C=O) groups excluding carboxylic acids is 1. The van der Waals surface area contributed by atoms with E-state index in [9.17, 15) is 9.90 Å². The van der Waals surface area contributed by atoms with E-state index >= 15 is 0 Å². The maximum atomic E-state index is 12.2. The maximum Gasteiger partial charge on any atom is 0.229 e. The van der Waals surface area contributed by atoms with Crippen molar-refractivity contribution >= 4 is 28.2 Å². The lowest BCUT2D eigenvalue weighted by atomic mass is 10.1. The van der Waals surface area contributed by atoms with E-state index in [1.54, 1.807) is 13.2 Å². The number of aliphatic hydroxyl groups is 1. The van der Waals surface area contributed by atoms with E-state index in [0.717, 1.165) is 53.3 Å². The third-order valence-corrected chi connectivity index (χ3v) is 6.82. The van der Waals surface area contributed by atoms with Gasteiger partial charge in [-0.2, -0.15) is 5.10 Å². The fraction of sp³-hybridized carbons (Fsp3) is 0.345. The summed E-state index contributed by atoms with van der Waals surface area (Å²) in [5.41, 5.74) is 2.77. The normalized spacial score (nSPS) is 11.7. The summed E-state index contributed by atoms with van der Waals surface area (Å²) in [6, 6.07) is 20.9. The maximum absolute atomic E-state index is 12.2. The Morgan fingerprint density at radius 1 is 0.925 bits per heavy atom. The average molecular weight is 563 g/mol. The van der Waals surface area contributed by atoms with Crippen LogP contribution in [0.1, 0.15) is 34.7 Å². The fourth-order valence-electron chi connectivity index (χ4n) is 3.95. The number of amides is 1. The SMILES string of the molecule is COCCOc1cccc(CC(O)Nc2nnc(CCCCc3ccc(NC(=O)Cc4ccccc4)nn3)s2)c1. The minimum absolute atomic E-state index is 0.121. The molecular weight excluding hydrogens is 528 g/mol. The lowest BCUT2D eigenvalue weighted by Crippen LogP contribution is -2.21. The third kappa shape index (κ3) is 9.99. The highest BCUT2D eigenvalue weighted by atomic mass is 32.1. The van der Waals surface area contributed by atoms with Crippen LogP contribution in [-0.4, -0.2) is 58.0 Å². The van der Waals surface area contributed by atoms with Crippen LogP contribution < -0.4 is 15.4 Å². The summed E-state index contributed by atoms with van der Waals surface area (Å²) in [6.07, 6.45) is 3.32. The second-order valence-electron chi connectivity index (χ2n) is 9.18. The molecule has 4 rings (SSSR count). The van der Waals surface area contributed by atoms with Crippen LogP contribution in [0.2, 0.25) is 0 Å². The van der Waals surface area contributed by atoms with Gasteiger partial charge in [0.05, 0.1) is 18.7 Å². The molecule has 1 atom stereocenters. The number of benzene rings is 2. The monoisotopic (exact) mass is 562 g/mol. The molecule has 2 aromatic heterocycles. The Hall–Kier alpha value is -3.93. The summed E-state index contributed by atoms with van der Waals surface area (Å²) < 4.78 is 10.6. The number of unbranched alkanes of at least 4 members (excludes halogenated alkanes) is 1. The highest BCUT2D eigenvalue weighted by molar-refractivity contribution is 7.15. The van der Waals surface area contributed by atoms with Crippen molar-refractivity contribution in [3.05, 3.63) is 88.6 Å². The molecule has 0 aliphatic heterocycles. The third-order valence-electron chi connectivity index (χ3n) is 5.91. The van der Waals surface area contributed by atoms with Gasteiger partial charge in [-0.1, -0.05) is 53.8 Å². The smallest absolute Gasteiger partial charge is 0.229 e. The van der Waals surface area contributed by atoms with Crippen LogP contribution in [0.3, 0.4) is 0 Å². The van der Waals surface area contributed by atoms with Crippen molar-refractivity contribution in [1.82, 2.24) is 20.4 Å². The summed E-state index contributed by atoms with van der Waals surface area (Å²) in [4.78, 5) is 12.2. The standard InChI is InChI=1S/C29H34N6O4S/c1-38-16-17-39-24-12-7-10-22(18-24)20-27(37)31-29-35-34-28(40-29)13-6-5-11-23-14-15-25(33-32-23)30-26(36)19-21-8-3-2-4-9-21/h2-4,7-10,12,14-15,18,27,37H,5-6,11,13,16-17,19-20H2,1H3,(H,31,35)(H,30,33,36). The van der Waals surface area contributed by atoms with Gasteiger partial charge < -0.3 is 25.2 Å². The second-order valence-corrected chi connectivity index (χ2v) is 10.2. The molecule has 0 spiro atoms. The molecule has 210 valence electrons. The molecule has 1 amide bonds. The number of aliphatic hydroxyl groups excluding tert-OH is 1. The first kappa shape index (κ1) is 29.1. The number of aromatic nitrogens is 4. The molecule has 0 saturated heterocycles. The van der Waals surface area contributed by atoms with Crippen molar-refractivity contribution in [2.45, 2.75) is 44.8 Å². The molecule has 40 heavy (non-hydrogen) atoms. The van der Waals surface area contributed by atoms with Gasteiger partial charge in [0.2, 0.25) is 11.0 Å². The largest absolute Gasteiger partial charge is 0.491 e. The predicted octanol–water partition coefficient (Wildman–Crippen LogP) is 4.07. The van der Waals surface area contributed by atoms with E-state index in [2.05, 4.69) is 31.0 Å². The summed E-state index contributed by atoms with van der Waals surface area (Å²) in [5, 5.41) is 34.6. The Balaban J connectivity index is 1.14. The number of ether oxygens (including phenoxy) is 2. The van der Waals surface area contributed by atoms with Crippen LogP contribution in [0.5, 0.6) is 5.75 Å². The number of hydrogen-bond donors (Lipinski definition) is 3. The zero-order chi connectivity index (χ0) is 28.0. The molecule has 2 aromatic carbocycles. The molecule has 0 aliphatic carbocycles. The number of rotatable bonds is 16. The topological polar surface area (TPSA) is 131 Å². The van der Waals surface area contributed by atoms with E-state index in [-0.39, 0.29) is 5.91 Å². The number of methoxy groups -OCH3 is 1. The van der Waals surface area contributed by atoms with Crippen LogP contribution >= 0.6 is 11.3 Å². The lowest BCUT2D eigenvalue weighted by Gasteiger charge is -2.12. The Morgan fingerprint density at radius 3 is 2.55 bits per heavy atom. The quantitative estimate of drug-likeness (QED) is 0.137. The molecule has 4 aromatic rings. The average Bonchev–Trinajstić information content (AvgIpc) is 3.39. The molecule has 10 nitrogen and oxygen atoms in total. The molecule has 0 radical (unpaired) electrons. The van der Waals surface area contributed by atoms with Gasteiger partial charge in [0, 0.05) is 20.0 Å². The summed E-state index contributed by atoms with van der Waals surface area (Å²) in [5.74, 6) is 1.07. The van der Waals surface area contributed by atoms with E-state index < -0.39 is 6.23 Å². The number of hydrogen-bond acceptors (Lipinski definition) is 10. The van der Waals surface area contributed by atoms with Gasteiger partial charge in [-0.25, -0.2) is 0 Å². The van der Waals surface area contributed by atoms with Gasteiger partial charge in [0.25, 0.3) is 0 Å². The highest BCUT2D eigenvalue weighted by Crippen LogP contribution is 2.20. The van der Waals surface area contributed by atoms with Crippen molar-refractivity contribution in [3.8, 4) is 5.75 Å². The molecule has 0 aliphatic rings. The zero-order valence-corrected chi connectivity index (χ0v) is 23.3. The minimum Gasteiger partial charge on any atom is -0.491 e. The van der Waals surface area contributed by atoms with Gasteiger partial charge in [-0.15, -0.1) is 15.3 Å². The van der Waals surface area contributed by atoms with Crippen molar-refractivity contribution in [1.29, 1.82) is 0 Å². The number of aryl methyl sites for hydroxylation is 2. The summed E-state index contributed by atoms with van der Waals surface area (Å²) in [6.45, 7) is 0.995. The molecule has 0 bridgehead atoms. The van der Waals surface area contributed by atoms with Gasteiger partial charge in [-0.3, -0.25) is 4.79 Å². The van der Waals surface area contributed by atoms with Crippen LogP contribution in [0.4, 0.5) is 10.9 Å². The lowest BCUT2D eigenvalue weighted by molar-refractivity contribution is -0.115.